The highest BCUT2D eigenvalue weighted by molar-refractivity contribution is 7.98. The highest BCUT2D eigenvalue weighted by Crippen LogP contribution is 2.36. The first-order valence-electron chi connectivity index (χ1n) is 7.52. The fourth-order valence-corrected chi connectivity index (χ4v) is 3.15. The molecule has 0 aromatic carbocycles. The largest absolute Gasteiger partial charge is 0.480 e. The fraction of sp³-hybridized carbons (Fsp3) is 0.867. The highest BCUT2D eigenvalue weighted by Gasteiger charge is 2.31. The van der Waals surface area contributed by atoms with E-state index in [4.69, 9.17) is 5.11 Å². The van der Waals surface area contributed by atoms with E-state index in [-0.39, 0.29) is 12.1 Å². The second-order valence-electron chi connectivity index (χ2n) is 6.63. The van der Waals surface area contributed by atoms with E-state index in [9.17, 15) is 9.59 Å². The molecule has 1 fully saturated rings. The lowest BCUT2D eigenvalue weighted by Crippen LogP contribution is -2.51. The van der Waals surface area contributed by atoms with Crippen molar-refractivity contribution in [2.45, 2.75) is 58.0 Å². The molecule has 1 atom stereocenters. The number of carboxylic acids is 1. The number of thioether (sulfide) groups is 1. The lowest BCUT2D eigenvalue weighted by atomic mass is 9.75. The van der Waals surface area contributed by atoms with E-state index in [1.807, 2.05) is 6.26 Å². The van der Waals surface area contributed by atoms with Gasteiger partial charge in [-0.3, -0.25) is 0 Å². The number of urea groups is 1. The number of nitrogens with one attached hydrogen (secondary N) is 1. The Morgan fingerprint density at radius 3 is 2.43 bits per heavy atom. The molecule has 1 aliphatic rings. The van der Waals surface area contributed by atoms with Crippen molar-refractivity contribution in [2.75, 3.05) is 19.1 Å². The van der Waals surface area contributed by atoms with Crippen LogP contribution >= 0.6 is 11.8 Å². The van der Waals surface area contributed by atoms with Crippen LogP contribution in [0.1, 0.15) is 46.0 Å². The van der Waals surface area contributed by atoms with Crippen molar-refractivity contribution in [1.29, 1.82) is 0 Å². The number of hydrogen-bond acceptors (Lipinski definition) is 3. The van der Waals surface area contributed by atoms with E-state index >= 15 is 0 Å². The van der Waals surface area contributed by atoms with Crippen LogP contribution in [0.5, 0.6) is 0 Å². The van der Waals surface area contributed by atoms with Gasteiger partial charge in [0.1, 0.15) is 6.04 Å². The molecule has 0 bridgehead atoms. The summed E-state index contributed by atoms with van der Waals surface area (Å²) in [5.41, 5.74) is 0.357. The predicted octanol–water partition coefficient (Wildman–Crippen LogP) is 2.80. The third-order valence-electron chi connectivity index (χ3n) is 4.38. The molecule has 2 N–H and O–H groups in total. The van der Waals surface area contributed by atoms with E-state index in [2.05, 4.69) is 19.2 Å². The van der Waals surface area contributed by atoms with Crippen molar-refractivity contribution in [1.82, 2.24) is 10.2 Å². The topological polar surface area (TPSA) is 69.6 Å². The van der Waals surface area contributed by atoms with Crippen LogP contribution < -0.4 is 5.32 Å². The Hall–Kier alpha value is -0.910. The van der Waals surface area contributed by atoms with Crippen LogP contribution in [-0.4, -0.2) is 53.1 Å². The third-order valence-corrected chi connectivity index (χ3v) is 5.03. The minimum absolute atomic E-state index is 0.216. The van der Waals surface area contributed by atoms with Crippen LogP contribution in [0.2, 0.25) is 0 Å². The van der Waals surface area contributed by atoms with Gasteiger partial charge in [-0.05, 0) is 49.5 Å². The molecular weight excluding hydrogens is 288 g/mol. The van der Waals surface area contributed by atoms with Crippen molar-refractivity contribution in [3.63, 3.8) is 0 Å². The average Bonchev–Trinajstić information content (AvgIpc) is 2.42. The van der Waals surface area contributed by atoms with Gasteiger partial charge in [0.25, 0.3) is 0 Å². The van der Waals surface area contributed by atoms with Crippen molar-refractivity contribution in [3.8, 4) is 0 Å². The fourth-order valence-electron chi connectivity index (χ4n) is 2.68. The molecule has 5 nitrogen and oxygen atoms in total. The van der Waals surface area contributed by atoms with Gasteiger partial charge in [-0.1, -0.05) is 13.8 Å². The first kappa shape index (κ1) is 18.1. The molecular formula is C15H28N2O3S. The van der Waals surface area contributed by atoms with E-state index < -0.39 is 12.0 Å². The zero-order valence-electron chi connectivity index (χ0n) is 13.5. The molecule has 0 spiro atoms. The Balaban J connectivity index is 2.51. The summed E-state index contributed by atoms with van der Waals surface area (Å²) in [6.45, 7) is 4.51. The standard InChI is InChI=1S/C15H28N2O3S/c1-15(2)8-5-11(6-9-15)17(3)14(20)16-12(13(18)19)7-10-21-4/h11-12H,5-10H2,1-4H3,(H,16,20)(H,18,19)/t12-/m0/s1. The second-order valence-corrected chi connectivity index (χ2v) is 7.61. The van der Waals surface area contributed by atoms with Gasteiger partial charge in [-0.2, -0.15) is 11.8 Å². The summed E-state index contributed by atoms with van der Waals surface area (Å²) in [7, 11) is 1.77. The molecule has 122 valence electrons. The molecule has 1 saturated carbocycles. The quantitative estimate of drug-likeness (QED) is 0.790. The van der Waals surface area contributed by atoms with Crippen LogP contribution in [-0.2, 0) is 4.79 Å². The number of carbonyl (C=O) groups excluding carboxylic acids is 1. The van der Waals surface area contributed by atoms with Gasteiger partial charge in [0.05, 0.1) is 0 Å². The van der Waals surface area contributed by atoms with E-state index in [1.54, 1.807) is 23.7 Å². The van der Waals surface area contributed by atoms with Gasteiger partial charge >= 0.3 is 12.0 Å². The first-order chi connectivity index (χ1) is 9.76. The van der Waals surface area contributed by atoms with Gasteiger partial charge in [0.2, 0.25) is 0 Å². The zero-order chi connectivity index (χ0) is 16.0. The summed E-state index contributed by atoms with van der Waals surface area (Å²) in [6.07, 6.45) is 6.55. The van der Waals surface area contributed by atoms with E-state index in [1.165, 1.54) is 0 Å². The maximum atomic E-state index is 12.2. The minimum Gasteiger partial charge on any atom is -0.480 e. The van der Waals surface area contributed by atoms with E-state index in [0.29, 0.717) is 11.8 Å². The molecule has 0 aromatic rings. The summed E-state index contributed by atoms with van der Waals surface area (Å²) >= 11 is 1.58. The summed E-state index contributed by atoms with van der Waals surface area (Å²) in [6, 6.07) is -0.853. The van der Waals surface area contributed by atoms with Gasteiger partial charge in [-0.25, -0.2) is 9.59 Å². The lowest BCUT2D eigenvalue weighted by Gasteiger charge is -2.38. The van der Waals surface area contributed by atoms with Crippen LogP contribution in [0, 0.1) is 5.41 Å². The van der Waals surface area contributed by atoms with Crippen LogP contribution in [0.25, 0.3) is 0 Å². The molecule has 0 aliphatic heterocycles. The molecule has 6 heteroatoms. The van der Waals surface area contributed by atoms with Crippen LogP contribution in [0.4, 0.5) is 4.79 Å². The predicted molar refractivity (Wildman–Crippen MR) is 86.8 cm³/mol. The summed E-state index contributed by atoms with van der Waals surface area (Å²) < 4.78 is 0. The minimum atomic E-state index is -0.962. The number of aliphatic carboxylic acids is 1. The van der Waals surface area contributed by atoms with Gasteiger partial charge in [-0.15, -0.1) is 0 Å². The van der Waals surface area contributed by atoms with Crippen molar-refractivity contribution in [3.05, 3.63) is 0 Å². The highest BCUT2D eigenvalue weighted by atomic mass is 32.2. The summed E-state index contributed by atoms with van der Waals surface area (Å²) in [5, 5.41) is 11.8. The summed E-state index contributed by atoms with van der Waals surface area (Å²) in [5.74, 6) is -0.242. The Labute approximate surface area is 131 Å². The molecule has 1 rings (SSSR count). The normalized spacial score (nSPS) is 19.8. The molecule has 0 saturated heterocycles. The Kier molecular flexibility index (Phi) is 6.84. The Morgan fingerprint density at radius 1 is 1.38 bits per heavy atom. The Bertz CT molecular complexity index is 364. The van der Waals surface area contributed by atoms with E-state index in [0.717, 1.165) is 31.4 Å². The molecule has 0 heterocycles. The maximum Gasteiger partial charge on any atom is 0.326 e. The average molecular weight is 316 g/mol. The van der Waals surface area contributed by atoms with Gasteiger partial charge < -0.3 is 15.3 Å². The zero-order valence-corrected chi connectivity index (χ0v) is 14.3. The number of rotatable bonds is 6. The first-order valence-corrected chi connectivity index (χ1v) is 8.91. The molecule has 0 radical (unpaired) electrons. The molecule has 0 unspecified atom stereocenters. The maximum absolute atomic E-state index is 12.2. The molecule has 2 amide bonds. The third kappa shape index (κ3) is 5.77. The summed E-state index contributed by atoms with van der Waals surface area (Å²) in [4.78, 5) is 25.1. The van der Waals surface area contributed by atoms with Gasteiger partial charge in [0.15, 0.2) is 0 Å². The number of nitrogens with zero attached hydrogens (tertiary/aromatic N) is 1. The van der Waals surface area contributed by atoms with Gasteiger partial charge in [0, 0.05) is 13.1 Å². The smallest absolute Gasteiger partial charge is 0.326 e. The Morgan fingerprint density at radius 2 is 1.95 bits per heavy atom. The molecule has 1 aliphatic carbocycles. The monoisotopic (exact) mass is 316 g/mol. The number of carboxylic acid groups (broad SMARTS) is 1. The van der Waals surface area contributed by atoms with Crippen molar-refractivity contribution < 1.29 is 14.7 Å². The number of hydrogen-bond donors (Lipinski definition) is 2. The SMILES string of the molecule is CSCC[C@H](NC(=O)N(C)C1CCC(C)(C)CC1)C(=O)O. The molecule has 0 aromatic heterocycles. The number of amides is 2. The van der Waals surface area contributed by atoms with Crippen LogP contribution in [0.3, 0.4) is 0 Å². The number of carbonyl (C=O) groups is 2. The molecule has 21 heavy (non-hydrogen) atoms. The van der Waals surface area contributed by atoms with Crippen molar-refractivity contribution >= 4 is 23.8 Å². The second kappa shape index (κ2) is 7.92. The lowest BCUT2D eigenvalue weighted by molar-refractivity contribution is -0.139. The van der Waals surface area contributed by atoms with Crippen LogP contribution in [0.15, 0.2) is 0 Å². The van der Waals surface area contributed by atoms with Crippen molar-refractivity contribution in [2.24, 2.45) is 5.41 Å².